The van der Waals surface area contributed by atoms with Gasteiger partial charge in [-0.1, -0.05) is 30.4 Å². The topological polar surface area (TPSA) is 90.6 Å². The van der Waals surface area contributed by atoms with E-state index in [0.717, 1.165) is 35.7 Å². The molecule has 1 aromatic carbocycles. The summed E-state index contributed by atoms with van der Waals surface area (Å²) >= 11 is 0. The molecule has 6 heteroatoms. The summed E-state index contributed by atoms with van der Waals surface area (Å²) in [7, 11) is 0. The summed E-state index contributed by atoms with van der Waals surface area (Å²) in [5, 5.41) is 4.27. The van der Waals surface area contributed by atoms with Gasteiger partial charge < -0.3 is 15.3 Å². The first-order chi connectivity index (χ1) is 13.6. The molecule has 0 radical (unpaired) electrons. The molecule has 2 aromatic heterocycles. The number of hydrogen-bond donors (Lipinski definition) is 3. The highest BCUT2D eigenvalue weighted by Crippen LogP contribution is 2.25. The van der Waals surface area contributed by atoms with Gasteiger partial charge in [-0.15, -0.1) is 0 Å². The highest BCUT2D eigenvalue weighted by molar-refractivity contribution is 5.83. The van der Waals surface area contributed by atoms with Crippen LogP contribution >= 0.6 is 0 Å². The van der Waals surface area contributed by atoms with Crippen LogP contribution in [0, 0.1) is 12.8 Å². The fourth-order valence-corrected chi connectivity index (χ4v) is 3.85. The number of hydrogen-bond acceptors (Lipinski definition) is 3. The summed E-state index contributed by atoms with van der Waals surface area (Å²) in [5.41, 5.74) is 2.52. The molecule has 0 saturated heterocycles. The van der Waals surface area contributed by atoms with Crippen molar-refractivity contribution in [3.63, 3.8) is 0 Å². The summed E-state index contributed by atoms with van der Waals surface area (Å²) in [6.07, 6.45) is 9.25. The zero-order valence-corrected chi connectivity index (χ0v) is 15.9. The monoisotopic (exact) mass is 376 g/mol. The third-order valence-corrected chi connectivity index (χ3v) is 5.29. The zero-order valence-electron chi connectivity index (χ0n) is 15.9. The van der Waals surface area contributed by atoms with Crippen molar-refractivity contribution in [3.05, 3.63) is 76.1 Å². The molecule has 0 unspecified atom stereocenters. The Morgan fingerprint density at radius 2 is 2.18 bits per heavy atom. The summed E-state index contributed by atoms with van der Waals surface area (Å²) in [4.78, 5) is 35.3. The molecule has 3 aromatic rings. The van der Waals surface area contributed by atoms with E-state index in [1.807, 2.05) is 24.4 Å². The zero-order chi connectivity index (χ0) is 19.5. The molecule has 3 N–H and O–H groups in total. The van der Waals surface area contributed by atoms with Crippen LogP contribution in [0.3, 0.4) is 0 Å². The van der Waals surface area contributed by atoms with Gasteiger partial charge in [0.1, 0.15) is 5.82 Å². The number of aryl methyl sites for hydroxylation is 1. The predicted octanol–water partition coefficient (Wildman–Crippen LogP) is 3.32. The smallest absolute Gasteiger partial charge is 0.251 e. The number of H-pyrrole nitrogens is 2. The molecule has 1 amide bonds. The molecular weight excluding hydrogens is 352 g/mol. The number of nitrogens with one attached hydrogen (secondary N) is 3. The number of aromatic amines is 2. The van der Waals surface area contributed by atoms with Crippen molar-refractivity contribution in [1.82, 2.24) is 20.3 Å². The summed E-state index contributed by atoms with van der Waals surface area (Å²) in [5.74, 6) is 0.536. The number of rotatable bonds is 5. The average Bonchev–Trinajstić information content (AvgIpc) is 3.10. The molecule has 144 valence electrons. The van der Waals surface area contributed by atoms with Gasteiger partial charge in [-0.2, -0.15) is 0 Å². The standard InChI is InChI=1S/C22H24N4O2/c1-14-24-20(12-21(27)25-14)19(26-22(28)15-7-3-2-4-8-15)11-16-13-23-18-10-6-5-9-17(16)18/h2-3,5-6,9-10,12-13,15,19,23H,4,7-8,11H2,1H3,(H,26,28)(H,24,25,27)/t15-,19-/m1/s1. The van der Waals surface area contributed by atoms with Gasteiger partial charge in [-0.25, -0.2) is 4.98 Å². The summed E-state index contributed by atoms with van der Waals surface area (Å²) in [6, 6.07) is 9.18. The molecule has 28 heavy (non-hydrogen) atoms. The first-order valence-corrected chi connectivity index (χ1v) is 9.68. The first kappa shape index (κ1) is 18.2. The van der Waals surface area contributed by atoms with Crippen LogP contribution in [0.4, 0.5) is 0 Å². The van der Waals surface area contributed by atoms with Crippen LogP contribution in [0.25, 0.3) is 10.9 Å². The van der Waals surface area contributed by atoms with Crippen molar-refractivity contribution in [2.24, 2.45) is 5.92 Å². The first-order valence-electron chi connectivity index (χ1n) is 9.68. The number of aromatic nitrogens is 3. The SMILES string of the molecule is Cc1nc([C@@H](Cc2c[nH]c3ccccc23)NC(=O)[C@@H]2CC=CCC2)cc(=O)[nH]1. The van der Waals surface area contributed by atoms with Gasteiger partial charge in [0.2, 0.25) is 5.91 Å². The van der Waals surface area contributed by atoms with Gasteiger partial charge in [0.05, 0.1) is 11.7 Å². The molecule has 0 aliphatic heterocycles. The van der Waals surface area contributed by atoms with Crippen molar-refractivity contribution in [1.29, 1.82) is 0 Å². The van der Waals surface area contributed by atoms with E-state index in [1.165, 1.54) is 6.07 Å². The molecule has 0 bridgehead atoms. The Balaban J connectivity index is 1.65. The van der Waals surface area contributed by atoms with Crippen LogP contribution in [0.15, 0.2) is 53.5 Å². The van der Waals surface area contributed by atoms with Gasteiger partial charge in [0.15, 0.2) is 0 Å². The van der Waals surface area contributed by atoms with E-state index in [-0.39, 0.29) is 23.4 Å². The number of amides is 1. The largest absolute Gasteiger partial charge is 0.361 e. The van der Waals surface area contributed by atoms with E-state index in [4.69, 9.17) is 0 Å². The van der Waals surface area contributed by atoms with Crippen LogP contribution in [-0.2, 0) is 11.2 Å². The molecule has 4 rings (SSSR count). The van der Waals surface area contributed by atoms with Crippen molar-refractivity contribution in [2.75, 3.05) is 0 Å². The van der Waals surface area contributed by atoms with Crippen molar-refractivity contribution in [2.45, 2.75) is 38.6 Å². The van der Waals surface area contributed by atoms with E-state index in [0.29, 0.717) is 17.9 Å². The fraction of sp³-hybridized carbons (Fsp3) is 0.318. The van der Waals surface area contributed by atoms with Crippen molar-refractivity contribution in [3.8, 4) is 0 Å². The quantitative estimate of drug-likeness (QED) is 0.597. The van der Waals surface area contributed by atoms with Gasteiger partial charge in [-0.3, -0.25) is 9.59 Å². The van der Waals surface area contributed by atoms with Gasteiger partial charge in [0.25, 0.3) is 5.56 Å². The lowest BCUT2D eigenvalue weighted by molar-refractivity contribution is -0.126. The number of fused-ring (bicyclic) bond motifs is 1. The molecule has 2 atom stereocenters. The Bertz CT molecular complexity index is 1080. The Morgan fingerprint density at radius 1 is 1.32 bits per heavy atom. The maximum absolute atomic E-state index is 12.9. The number of para-hydroxylation sites is 1. The van der Waals surface area contributed by atoms with Gasteiger partial charge in [0, 0.05) is 35.5 Å². The minimum atomic E-state index is -0.362. The number of allylic oxidation sites excluding steroid dienone is 2. The maximum atomic E-state index is 12.9. The van der Waals surface area contributed by atoms with Crippen molar-refractivity contribution < 1.29 is 4.79 Å². The molecule has 1 aliphatic rings. The maximum Gasteiger partial charge on any atom is 0.251 e. The molecule has 2 heterocycles. The van der Waals surface area contributed by atoms with E-state index in [2.05, 4.69) is 38.5 Å². The van der Waals surface area contributed by atoms with Crippen LogP contribution < -0.4 is 10.9 Å². The minimum absolute atomic E-state index is 0.0222. The molecule has 0 spiro atoms. The van der Waals surface area contributed by atoms with Gasteiger partial charge >= 0.3 is 0 Å². The second kappa shape index (κ2) is 7.84. The Kier molecular flexibility index (Phi) is 5.10. The predicted molar refractivity (Wildman–Crippen MR) is 109 cm³/mol. The number of carbonyl (C=O) groups is 1. The third kappa shape index (κ3) is 3.91. The van der Waals surface area contributed by atoms with Gasteiger partial charge in [-0.05, 0) is 37.8 Å². The molecule has 6 nitrogen and oxygen atoms in total. The Morgan fingerprint density at radius 3 is 2.96 bits per heavy atom. The molecule has 0 fully saturated rings. The van der Waals surface area contributed by atoms with Crippen LogP contribution in [-0.4, -0.2) is 20.9 Å². The lowest BCUT2D eigenvalue weighted by Gasteiger charge is -2.23. The molecule has 1 aliphatic carbocycles. The van der Waals surface area contributed by atoms with Crippen molar-refractivity contribution >= 4 is 16.8 Å². The van der Waals surface area contributed by atoms with E-state index < -0.39 is 0 Å². The number of nitrogens with zero attached hydrogens (tertiary/aromatic N) is 1. The Hall–Kier alpha value is -3.15. The molecular formula is C22H24N4O2. The lowest BCUT2D eigenvalue weighted by Crippen LogP contribution is -2.36. The normalized spacial score (nSPS) is 17.5. The van der Waals surface area contributed by atoms with Crippen LogP contribution in [0.5, 0.6) is 0 Å². The minimum Gasteiger partial charge on any atom is -0.361 e. The van der Waals surface area contributed by atoms with E-state index >= 15 is 0 Å². The highest BCUT2D eigenvalue weighted by atomic mass is 16.2. The summed E-state index contributed by atoms with van der Waals surface area (Å²) in [6.45, 7) is 1.75. The lowest BCUT2D eigenvalue weighted by atomic mass is 9.92. The average molecular weight is 376 g/mol. The summed E-state index contributed by atoms with van der Waals surface area (Å²) < 4.78 is 0. The van der Waals surface area contributed by atoms with E-state index in [1.54, 1.807) is 6.92 Å². The number of carbonyl (C=O) groups excluding carboxylic acids is 1. The third-order valence-electron chi connectivity index (χ3n) is 5.29. The second-order valence-electron chi connectivity index (χ2n) is 7.36. The van der Waals surface area contributed by atoms with Crippen LogP contribution in [0.2, 0.25) is 0 Å². The molecule has 0 saturated carbocycles. The highest BCUT2D eigenvalue weighted by Gasteiger charge is 2.24. The number of benzene rings is 1. The second-order valence-corrected chi connectivity index (χ2v) is 7.36. The van der Waals surface area contributed by atoms with Crippen LogP contribution in [0.1, 0.15) is 42.4 Å². The fourth-order valence-electron chi connectivity index (χ4n) is 3.85. The Labute approximate surface area is 163 Å². The van der Waals surface area contributed by atoms with E-state index in [9.17, 15) is 9.59 Å².